The van der Waals surface area contributed by atoms with Gasteiger partial charge in [0.1, 0.15) is 5.41 Å². The number of nitrogens with zero attached hydrogens (tertiary/aromatic N) is 3. The van der Waals surface area contributed by atoms with Gasteiger partial charge in [-0.2, -0.15) is 15.8 Å². The minimum Gasteiger partial charge on any atom is -0.493 e. The van der Waals surface area contributed by atoms with Gasteiger partial charge in [-0.25, -0.2) is 0 Å². The fraction of sp³-hybridized carbons (Fsp3) is 0.476. The third-order valence-corrected chi connectivity index (χ3v) is 5.44. The van der Waals surface area contributed by atoms with Crippen LogP contribution in [0.4, 0.5) is 0 Å². The maximum atomic E-state index is 9.87. The largest absolute Gasteiger partial charge is 0.493 e. The minimum atomic E-state index is -1.14. The molecule has 3 rings (SSSR count). The summed E-state index contributed by atoms with van der Waals surface area (Å²) in [5, 5.41) is 28.4. The lowest BCUT2D eigenvalue weighted by Crippen LogP contribution is -2.30. The predicted molar refractivity (Wildman–Crippen MR) is 95.2 cm³/mol. The second-order valence-corrected chi connectivity index (χ2v) is 7.00. The Labute approximate surface area is 154 Å². The van der Waals surface area contributed by atoms with E-state index in [2.05, 4.69) is 18.2 Å². The van der Waals surface area contributed by atoms with Crippen LogP contribution in [0.15, 0.2) is 30.4 Å². The molecule has 2 aliphatic carbocycles. The van der Waals surface area contributed by atoms with Crippen LogP contribution in [0.1, 0.15) is 44.1 Å². The molecule has 0 aromatic heterocycles. The second kappa shape index (κ2) is 7.11. The number of nitriles is 3. The lowest BCUT2D eigenvalue weighted by Gasteiger charge is -2.31. The van der Waals surface area contributed by atoms with E-state index in [9.17, 15) is 15.8 Å². The molecule has 0 heterocycles. The molecule has 5 heteroatoms. The van der Waals surface area contributed by atoms with Crippen molar-refractivity contribution in [3.05, 3.63) is 35.9 Å². The molecule has 0 spiro atoms. The Bertz CT molecular complexity index is 820. The molecule has 0 bridgehead atoms. The third kappa shape index (κ3) is 3.12. The van der Waals surface area contributed by atoms with E-state index in [0.29, 0.717) is 24.3 Å². The van der Waals surface area contributed by atoms with E-state index in [4.69, 9.17) is 9.47 Å². The van der Waals surface area contributed by atoms with Crippen LogP contribution < -0.4 is 9.47 Å². The van der Waals surface area contributed by atoms with E-state index in [0.717, 1.165) is 18.4 Å². The number of allylic oxidation sites excluding steroid dienone is 2. The maximum absolute atomic E-state index is 9.87. The highest BCUT2D eigenvalue weighted by molar-refractivity contribution is 5.51. The van der Waals surface area contributed by atoms with Gasteiger partial charge in [-0.05, 0) is 56.2 Å². The molecular formula is C21H21N3O2. The number of benzene rings is 1. The number of hydrogen-bond acceptors (Lipinski definition) is 5. The number of hydrogen-bond donors (Lipinski definition) is 0. The van der Waals surface area contributed by atoms with Gasteiger partial charge in [-0.15, -0.1) is 0 Å². The Morgan fingerprint density at radius 2 is 1.69 bits per heavy atom. The molecule has 1 aromatic carbocycles. The van der Waals surface area contributed by atoms with E-state index in [1.807, 2.05) is 18.2 Å². The first-order valence-corrected chi connectivity index (χ1v) is 8.90. The molecule has 0 aliphatic heterocycles. The molecule has 132 valence electrons. The zero-order valence-corrected chi connectivity index (χ0v) is 14.9. The van der Waals surface area contributed by atoms with Crippen LogP contribution >= 0.6 is 0 Å². The summed E-state index contributed by atoms with van der Waals surface area (Å²) in [5.74, 6) is 1.30. The van der Waals surface area contributed by atoms with Crippen molar-refractivity contribution in [2.75, 3.05) is 7.11 Å². The van der Waals surface area contributed by atoms with Crippen molar-refractivity contribution < 1.29 is 9.47 Å². The van der Waals surface area contributed by atoms with Crippen molar-refractivity contribution in [2.45, 2.75) is 50.0 Å². The Kier molecular flexibility index (Phi) is 4.88. The van der Waals surface area contributed by atoms with Crippen molar-refractivity contribution >= 4 is 0 Å². The molecule has 0 saturated heterocycles. The molecule has 1 fully saturated rings. The third-order valence-electron chi connectivity index (χ3n) is 5.44. The summed E-state index contributed by atoms with van der Waals surface area (Å²) in [6.45, 7) is 0. The van der Waals surface area contributed by atoms with Gasteiger partial charge < -0.3 is 9.47 Å². The zero-order valence-electron chi connectivity index (χ0n) is 14.9. The van der Waals surface area contributed by atoms with Crippen molar-refractivity contribution in [3.63, 3.8) is 0 Å². The average molecular weight is 347 g/mol. The molecule has 26 heavy (non-hydrogen) atoms. The van der Waals surface area contributed by atoms with Gasteiger partial charge in [0.2, 0.25) is 0 Å². The van der Waals surface area contributed by atoms with E-state index >= 15 is 0 Å². The fourth-order valence-corrected chi connectivity index (χ4v) is 3.69. The molecule has 1 aromatic rings. The normalized spacial score (nSPS) is 24.2. The van der Waals surface area contributed by atoms with Crippen LogP contribution in [0, 0.1) is 39.4 Å². The number of methoxy groups -OCH3 is 1. The quantitative estimate of drug-likeness (QED) is 0.763. The lowest BCUT2D eigenvalue weighted by atomic mass is 9.67. The smallest absolute Gasteiger partial charge is 0.161 e. The first-order valence-electron chi connectivity index (χ1n) is 8.90. The van der Waals surface area contributed by atoms with Crippen LogP contribution in [-0.4, -0.2) is 13.2 Å². The summed E-state index contributed by atoms with van der Waals surface area (Å²) in [4.78, 5) is 0. The lowest BCUT2D eigenvalue weighted by molar-refractivity contribution is 0.200. The number of rotatable bonds is 4. The van der Waals surface area contributed by atoms with Crippen LogP contribution in [0.2, 0.25) is 0 Å². The Morgan fingerprint density at radius 1 is 0.962 bits per heavy atom. The first kappa shape index (κ1) is 17.8. The van der Waals surface area contributed by atoms with Crippen LogP contribution in [0.25, 0.3) is 0 Å². The summed E-state index contributed by atoms with van der Waals surface area (Å²) in [7, 11) is 1.60. The summed E-state index contributed by atoms with van der Waals surface area (Å²) in [5.41, 5.74) is -1.21. The molecule has 1 atom stereocenters. The van der Waals surface area contributed by atoms with Gasteiger partial charge in [0, 0.05) is 0 Å². The van der Waals surface area contributed by atoms with Gasteiger partial charge in [0.25, 0.3) is 0 Å². The molecule has 5 nitrogen and oxygen atoms in total. The van der Waals surface area contributed by atoms with Crippen LogP contribution in [0.5, 0.6) is 11.5 Å². The molecular weight excluding hydrogens is 326 g/mol. The van der Waals surface area contributed by atoms with Gasteiger partial charge in [0.05, 0.1) is 31.4 Å². The standard InChI is InChI=1S/C21H21N3O2/c1-25-18-7-6-16(12-19(18)26-17-4-2-3-5-17)21(15-24)10-8-20(13-22,14-23)9-11-21/h6-8,10,12,17H,2-5,9,11H2,1H3. The van der Waals surface area contributed by atoms with Gasteiger partial charge in [-0.1, -0.05) is 18.2 Å². The first-order chi connectivity index (χ1) is 12.6. The predicted octanol–water partition coefficient (Wildman–Crippen LogP) is 4.16. The number of ether oxygens (including phenoxy) is 2. The molecule has 0 amide bonds. The van der Waals surface area contributed by atoms with Crippen molar-refractivity contribution in [2.24, 2.45) is 5.41 Å². The molecule has 0 radical (unpaired) electrons. The molecule has 1 saturated carbocycles. The Morgan fingerprint density at radius 3 is 2.23 bits per heavy atom. The van der Waals surface area contributed by atoms with Gasteiger partial charge in [0.15, 0.2) is 16.9 Å². The highest BCUT2D eigenvalue weighted by Gasteiger charge is 2.40. The van der Waals surface area contributed by atoms with Crippen LogP contribution in [0.3, 0.4) is 0 Å². The van der Waals surface area contributed by atoms with Crippen molar-refractivity contribution in [3.8, 4) is 29.7 Å². The van der Waals surface area contributed by atoms with Crippen LogP contribution in [-0.2, 0) is 5.41 Å². The second-order valence-electron chi connectivity index (χ2n) is 7.00. The molecule has 2 aliphatic rings. The summed E-state index contributed by atoms with van der Waals surface area (Å²) in [6, 6.07) is 12.0. The minimum absolute atomic E-state index is 0.184. The van der Waals surface area contributed by atoms with Crippen molar-refractivity contribution in [1.29, 1.82) is 15.8 Å². The van der Waals surface area contributed by atoms with E-state index in [1.54, 1.807) is 19.3 Å². The SMILES string of the molecule is COc1ccc(C2(C#N)C=CC(C#N)(C#N)CC2)cc1OC1CCCC1. The van der Waals surface area contributed by atoms with Crippen molar-refractivity contribution in [1.82, 2.24) is 0 Å². The Balaban J connectivity index is 1.96. The molecule has 1 unspecified atom stereocenters. The summed E-state index contributed by atoms with van der Waals surface area (Å²) < 4.78 is 11.6. The van der Waals surface area contributed by atoms with E-state index in [-0.39, 0.29) is 6.10 Å². The summed E-state index contributed by atoms with van der Waals surface area (Å²) in [6.07, 6.45) is 8.59. The fourth-order valence-electron chi connectivity index (χ4n) is 3.69. The van der Waals surface area contributed by atoms with Gasteiger partial charge in [-0.3, -0.25) is 0 Å². The topological polar surface area (TPSA) is 89.8 Å². The Hall–Kier alpha value is -2.97. The van der Waals surface area contributed by atoms with E-state index in [1.165, 1.54) is 12.8 Å². The zero-order chi connectivity index (χ0) is 18.6. The molecule has 0 N–H and O–H groups in total. The highest BCUT2D eigenvalue weighted by atomic mass is 16.5. The highest BCUT2D eigenvalue weighted by Crippen LogP contribution is 2.43. The van der Waals surface area contributed by atoms with Gasteiger partial charge >= 0.3 is 0 Å². The summed E-state index contributed by atoms with van der Waals surface area (Å²) >= 11 is 0. The van der Waals surface area contributed by atoms with E-state index < -0.39 is 10.8 Å². The average Bonchev–Trinajstić information content (AvgIpc) is 3.21. The maximum Gasteiger partial charge on any atom is 0.161 e. The monoisotopic (exact) mass is 347 g/mol.